The number of nitrogens with zero attached hydrogens (tertiary/aromatic N) is 3. The van der Waals surface area contributed by atoms with Gasteiger partial charge in [-0.05, 0) is 56.7 Å². The van der Waals surface area contributed by atoms with E-state index in [-0.39, 0.29) is 52.7 Å². The Kier molecular flexibility index (Phi) is 8.69. The monoisotopic (exact) mass is 528 g/mol. The Morgan fingerprint density at radius 3 is 2.69 bits per heavy atom. The summed E-state index contributed by atoms with van der Waals surface area (Å²) in [5.74, 6) is 0.0346. The fraction of sp³-hybridized carbons (Fsp3) is 0.760. The second-order valence-corrected chi connectivity index (χ2v) is 11.5. The normalized spacial score (nSPS) is 31.8. The molecule has 4 aliphatic rings. The molecule has 0 aromatic carbocycles. The first-order chi connectivity index (χ1) is 16.7. The van der Waals surface area contributed by atoms with Crippen LogP contribution in [0.3, 0.4) is 0 Å². The van der Waals surface area contributed by atoms with Crippen molar-refractivity contribution in [2.24, 2.45) is 5.41 Å². The van der Waals surface area contributed by atoms with Crippen LogP contribution in [0.25, 0.3) is 0 Å². The molecule has 2 heterocycles. The number of methoxy groups -OCH3 is 1. The number of aliphatic hydroxyl groups excluding tert-OH is 1. The zero-order valence-corrected chi connectivity index (χ0v) is 22.2. The number of carbonyl (C=O) groups excluding carboxylic acids is 2. The highest BCUT2D eigenvalue weighted by Crippen LogP contribution is 2.53. The maximum atomic E-state index is 13.1. The molecule has 2 saturated heterocycles. The number of amides is 3. The number of likely N-dealkylation sites (tertiary alicyclic amines) is 1. The summed E-state index contributed by atoms with van der Waals surface area (Å²) in [5.41, 5.74) is 0.795. The molecule has 2 aliphatic heterocycles. The Balaban J connectivity index is 1.34. The number of carbonyl (C=O) groups is 2. The average molecular weight is 530 g/mol. The lowest BCUT2D eigenvalue weighted by Gasteiger charge is -2.38. The van der Waals surface area contributed by atoms with Crippen molar-refractivity contribution in [3.8, 4) is 0 Å². The van der Waals surface area contributed by atoms with Gasteiger partial charge in [0.1, 0.15) is 0 Å². The van der Waals surface area contributed by atoms with Gasteiger partial charge in [0.15, 0.2) is 0 Å². The first-order valence-electron chi connectivity index (χ1n) is 12.7. The van der Waals surface area contributed by atoms with Crippen LogP contribution in [0.5, 0.6) is 0 Å². The number of urea groups is 1. The molecule has 0 aromatic heterocycles. The SMILES string of the molecule is COCC(CCN1CCC2(CC2)C(O)C1)N1CC(C)N(C(=O)NC2=CC(Cl)C(Cl)C=C2)CCC1=O. The molecule has 2 aliphatic carbocycles. The van der Waals surface area contributed by atoms with Gasteiger partial charge in [0, 0.05) is 51.4 Å². The number of hydrogen-bond donors (Lipinski definition) is 2. The molecule has 4 rings (SSSR count). The zero-order chi connectivity index (χ0) is 25.2. The molecule has 1 saturated carbocycles. The summed E-state index contributed by atoms with van der Waals surface area (Å²) in [4.78, 5) is 32.0. The summed E-state index contributed by atoms with van der Waals surface area (Å²) in [7, 11) is 1.65. The predicted octanol–water partition coefficient (Wildman–Crippen LogP) is 2.54. The summed E-state index contributed by atoms with van der Waals surface area (Å²) in [5, 5.41) is 12.7. The van der Waals surface area contributed by atoms with Crippen LogP contribution >= 0.6 is 23.2 Å². The van der Waals surface area contributed by atoms with Crippen molar-refractivity contribution < 1.29 is 19.4 Å². The maximum absolute atomic E-state index is 13.1. The van der Waals surface area contributed by atoms with E-state index in [4.69, 9.17) is 27.9 Å². The second-order valence-electron chi connectivity index (χ2n) is 10.5. The van der Waals surface area contributed by atoms with E-state index in [1.54, 1.807) is 30.2 Å². The summed E-state index contributed by atoms with van der Waals surface area (Å²) >= 11 is 12.3. The van der Waals surface area contributed by atoms with E-state index in [2.05, 4.69) is 10.2 Å². The van der Waals surface area contributed by atoms with Crippen molar-refractivity contribution in [2.45, 2.75) is 68.0 Å². The molecule has 10 heteroatoms. The fourth-order valence-corrected chi connectivity index (χ4v) is 5.86. The molecule has 8 nitrogen and oxygen atoms in total. The molecule has 3 amide bonds. The molecular weight excluding hydrogens is 491 g/mol. The quantitative estimate of drug-likeness (QED) is 0.496. The van der Waals surface area contributed by atoms with E-state index in [0.29, 0.717) is 31.9 Å². The van der Waals surface area contributed by atoms with Gasteiger partial charge in [-0.3, -0.25) is 4.79 Å². The lowest BCUT2D eigenvalue weighted by atomic mass is 9.90. The van der Waals surface area contributed by atoms with Crippen LogP contribution in [0.4, 0.5) is 4.79 Å². The molecule has 35 heavy (non-hydrogen) atoms. The summed E-state index contributed by atoms with van der Waals surface area (Å²) in [6, 6.07) is -0.485. The number of piperidine rings is 1. The average Bonchev–Trinajstić information content (AvgIpc) is 3.62. The van der Waals surface area contributed by atoms with Crippen molar-refractivity contribution >= 4 is 35.1 Å². The molecule has 1 spiro atoms. The van der Waals surface area contributed by atoms with Gasteiger partial charge in [-0.15, -0.1) is 23.2 Å². The van der Waals surface area contributed by atoms with Gasteiger partial charge >= 0.3 is 6.03 Å². The van der Waals surface area contributed by atoms with Crippen LogP contribution in [0.2, 0.25) is 0 Å². The Labute approximate surface area is 218 Å². The van der Waals surface area contributed by atoms with Crippen molar-refractivity contribution in [3.63, 3.8) is 0 Å². The highest BCUT2D eigenvalue weighted by Gasteiger charge is 2.51. The first kappa shape index (κ1) is 26.7. The van der Waals surface area contributed by atoms with Crippen LogP contribution in [-0.4, -0.2) is 107 Å². The van der Waals surface area contributed by atoms with E-state index in [1.165, 1.54) is 0 Å². The van der Waals surface area contributed by atoms with Crippen molar-refractivity contribution in [1.82, 2.24) is 20.0 Å². The third-order valence-corrected chi connectivity index (χ3v) is 8.97. The van der Waals surface area contributed by atoms with Crippen LogP contribution < -0.4 is 5.32 Å². The molecule has 0 radical (unpaired) electrons. The lowest BCUT2D eigenvalue weighted by Crippen LogP contribution is -2.51. The first-order valence-corrected chi connectivity index (χ1v) is 13.5. The third kappa shape index (κ3) is 6.34. The number of nitrogens with one attached hydrogen (secondary N) is 1. The van der Waals surface area contributed by atoms with Crippen molar-refractivity contribution in [2.75, 3.05) is 46.4 Å². The maximum Gasteiger partial charge on any atom is 0.322 e. The third-order valence-electron chi connectivity index (χ3n) is 8.03. The van der Waals surface area contributed by atoms with Gasteiger partial charge in [-0.2, -0.15) is 0 Å². The number of ether oxygens (including phenoxy) is 1. The lowest BCUT2D eigenvalue weighted by molar-refractivity contribution is -0.134. The summed E-state index contributed by atoms with van der Waals surface area (Å²) in [6.07, 6.45) is 9.37. The standard InChI is InChI=1S/C25H38Cl2N4O4/c1-17-14-31(19(16-35-2)5-10-29-12-9-25(7-8-25)22(32)15-29)23(33)6-11-30(17)24(34)28-18-3-4-20(26)21(27)13-18/h3-4,13,17,19-22,32H,5-12,14-16H2,1-2H3,(H,28,34). The smallest absolute Gasteiger partial charge is 0.322 e. The van der Waals surface area contributed by atoms with Crippen LogP contribution in [0, 0.1) is 5.41 Å². The molecule has 3 fully saturated rings. The molecule has 5 unspecified atom stereocenters. The Morgan fingerprint density at radius 2 is 2.03 bits per heavy atom. The van der Waals surface area contributed by atoms with E-state index in [9.17, 15) is 14.7 Å². The molecule has 5 atom stereocenters. The van der Waals surface area contributed by atoms with E-state index < -0.39 is 0 Å². The summed E-state index contributed by atoms with van der Waals surface area (Å²) in [6.45, 7) is 5.72. The Hall–Kier alpha value is -1.32. The molecule has 0 bridgehead atoms. The van der Waals surface area contributed by atoms with E-state index >= 15 is 0 Å². The second kappa shape index (κ2) is 11.4. The number of rotatable bonds is 7. The molecule has 0 aromatic rings. The van der Waals surface area contributed by atoms with E-state index in [1.807, 2.05) is 11.8 Å². The van der Waals surface area contributed by atoms with Crippen molar-refractivity contribution in [1.29, 1.82) is 0 Å². The number of aliphatic hydroxyl groups is 1. The van der Waals surface area contributed by atoms with Crippen LogP contribution in [0.1, 0.15) is 39.0 Å². The number of halogens is 2. The van der Waals surface area contributed by atoms with Gasteiger partial charge in [-0.25, -0.2) is 4.79 Å². The highest BCUT2D eigenvalue weighted by molar-refractivity contribution is 6.31. The highest BCUT2D eigenvalue weighted by atomic mass is 35.5. The fourth-order valence-electron chi connectivity index (χ4n) is 5.50. The number of alkyl halides is 2. The molecular formula is C25H38Cl2N4O4. The van der Waals surface area contributed by atoms with E-state index in [0.717, 1.165) is 38.8 Å². The van der Waals surface area contributed by atoms with Crippen LogP contribution in [-0.2, 0) is 9.53 Å². The molecule has 196 valence electrons. The summed E-state index contributed by atoms with van der Waals surface area (Å²) < 4.78 is 5.49. The number of hydrogen-bond acceptors (Lipinski definition) is 5. The predicted molar refractivity (Wildman–Crippen MR) is 137 cm³/mol. The zero-order valence-electron chi connectivity index (χ0n) is 20.7. The number of allylic oxidation sites excluding steroid dienone is 3. The minimum absolute atomic E-state index is 0.0346. The van der Waals surface area contributed by atoms with Crippen molar-refractivity contribution in [3.05, 3.63) is 23.9 Å². The Morgan fingerprint density at radius 1 is 1.26 bits per heavy atom. The number of β-amino-alcohol motifs (C(OH)–C–C–N with tert-alkyl or cyclic N) is 1. The largest absolute Gasteiger partial charge is 0.391 e. The van der Waals surface area contributed by atoms with Gasteiger partial charge < -0.3 is 29.9 Å². The Bertz CT molecular complexity index is 849. The molecule has 2 N–H and O–H groups in total. The van der Waals surface area contributed by atoms with Crippen LogP contribution in [0.15, 0.2) is 23.9 Å². The minimum atomic E-state index is -0.388. The minimum Gasteiger partial charge on any atom is -0.391 e. The van der Waals surface area contributed by atoms with Gasteiger partial charge in [-0.1, -0.05) is 6.08 Å². The van der Waals surface area contributed by atoms with Gasteiger partial charge in [0.25, 0.3) is 0 Å². The van der Waals surface area contributed by atoms with Gasteiger partial charge in [0.2, 0.25) is 5.91 Å². The van der Waals surface area contributed by atoms with Gasteiger partial charge in [0.05, 0.1) is 29.5 Å². The topological polar surface area (TPSA) is 85.3 Å².